The molecule has 0 spiro atoms. The highest BCUT2D eigenvalue weighted by Gasteiger charge is 2.83. The fourth-order valence-electron chi connectivity index (χ4n) is 4.08. The van der Waals surface area contributed by atoms with E-state index in [-0.39, 0.29) is 11.3 Å². The SMILES string of the molecule is BC1(B)C(=O)c2c(Oc3cc(F)cc(C#N)c3)ccc3c2[C@@]1(O)C(F)(F)C3(F)F. The van der Waals surface area contributed by atoms with Crippen molar-refractivity contribution in [3.63, 3.8) is 0 Å². The number of hydrogen-bond acceptors (Lipinski definition) is 4. The number of carbonyl (C=O) groups is 1. The summed E-state index contributed by atoms with van der Waals surface area (Å²) >= 11 is 0. The van der Waals surface area contributed by atoms with Gasteiger partial charge in [-0.25, -0.2) is 4.39 Å². The van der Waals surface area contributed by atoms with Gasteiger partial charge in [-0.3, -0.25) is 4.79 Å². The van der Waals surface area contributed by atoms with E-state index in [2.05, 4.69) is 0 Å². The average molecular weight is 405 g/mol. The van der Waals surface area contributed by atoms with E-state index in [1.165, 1.54) is 0 Å². The third-order valence-corrected chi connectivity index (χ3v) is 5.64. The summed E-state index contributed by atoms with van der Waals surface area (Å²) in [5.41, 5.74) is -6.24. The molecule has 0 heterocycles. The molecular weight excluding hydrogens is 395 g/mol. The Hall–Kier alpha value is -2.86. The highest BCUT2D eigenvalue weighted by Crippen LogP contribution is 2.71. The lowest BCUT2D eigenvalue weighted by molar-refractivity contribution is -0.286. The molecule has 2 aromatic carbocycles. The number of rotatable bonds is 2. The molecule has 0 fully saturated rings. The largest absolute Gasteiger partial charge is 0.456 e. The molecule has 0 radical (unpaired) electrons. The second kappa shape index (κ2) is 5.39. The van der Waals surface area contributed by atoms with Gasteiger partial charge in [0.1, 0.15) is 33.0 Å². The first-order valence-electron chi connectivity index (χ1n) is 8.40. The van der Waals surface area contributed by atoms with Crippen LogP contribution in [-0.2, 0) is 11.5 Å². The fraction of sp³-hybridized carbons (Fsp3) is 0.222. The van der Waals surface area contributed by atoms with E-state index in [1.54, 1.807) is 6.07 Å². The van der Waals surface area contributed by atoms with Crippen molar-refractivity contribution < 1.29 is 36.6 Å². The lowest BCUT2D eigenvalue weighted by atomic mass is 9.45. The number of ketones is 1. The highest BCUT2D eigenvalue weighted by molar-refractivity contribution is 6.56. The van der Waals surface area contributed by atoms with Gasteiger partial charge in [-0.05, 0) is 24.3 Å². The van der Waals surface area contributed by atoms with Crippen molar-refractivity contribution in [2.75, 3.05) is 0 Å². The van der Waals surface area contributed by atoms with E-state index in [0.29, 0.717) is 6.07 Å². The predicted molar refractivity (Wildman–Crippen MR) is 94.5 cm³/mol. The van der Waals surface area contributed by atoms with Gasteiger partial charge in [0.2, 0.25) is 0 Å². The maximum Gasteiger partial charge on any atom is 0.346 e. The molecule has 29 heavy (non-hydrogen) atoms. The van der Waals surface area contributed by atoms with Gasteiger partial charge < -0.3 is 9.84 Å². The van der Waals surface area contributed by atoms with Gasteiger partial charge in [-0.2, -0.15) is 22.8 Å². The van der Waals surface area contributed by atoms with E-state index in [4.69, 9.17) is 10.00 Å². The van der Waals surface area contributed by atoms with Gasteiger partial charge in [0.15, 0.2) is 11.4 Å². The minimum Gasteiger partial charge on any atom is -0.456 e. The monoisotopic (exact) mass is 405 g/mol. The van der Waals surface area contributed by atoms with Crippen LogP contribution in [-0.4, -0.2) is 32.5 Å². The Morgan fingerprint density at radius 3 is 2.38 bits per heavy atom. The number of carbonyl (C=O) groups excluding carboxylic acids is 1. The second-order valence-corrected chi connectivity index (χ2v) is 7.56. The maximum atomic E-state index is 14.7. The number of alkyl halides is 4. The van der Waals surface area contributed by atoms with Crippen molar-refractivity contribution in [2.45, 2.75) is 22.7 Å². The molecule has 0 amide bonds. The highest BCUT2D eigenvalue weighted by atomic mass is 19.3. The van der Waals surface area contributed by atoms with Crippen LogP contribution in [0.2, 0.25) is 5.21 Å². The first-order chi connectivity index (χ1) is 13.3. The van der Waals surface area contributed by atoms with Crippen LogP contribution in [0.15, 0.2) is 30.3 Å². The zero-order chi connectivity index (χ0) is 21.6. The summed E-state index contributed by atoms with van der Waals surface area (Å²) in [6.45, 7) is 0. The number of hydrogen-bond donors (Lipinski definition) is 1. The summed E-state index contributed by atoms with van der Waals surface area (Å²) in [4.78, 5) is 12.9. The summed E-state index contributed by atoms with van der Waals surface area (Å²) in [5.74, 6) is -12.2. The number of nitrogens with zero attached hydrogens (tertiary/aromatic N) is 1. The quantitative estimate of drug-likeness (QED) is 0.614. The molecular formula is C18H10B2F5NO3. The number of benzene rings is 2. The van der Waals surface area contributed by atoms with Crippen molar-refractivity contribution in [1.29, 1.82) is 5.26 Å². The van der Waals surface area contributed by atoms with E-state index < -0.39 is 56.7 Å². The van der Waals surface area contributed by atoms with Gasteiger partial charge in [0.05, 0.1) is 17.2 Å². The molecule has 0 aliphatic heterocycles. The number of ether oxygens (including phenoxy) is 1. The van der Waals surface area contributed by atoms with E-state index in [9.17, 15) is 31.9 Å². The lowest BCUT2D eigenvalue weighted by Gasteiger charge is -2.39. The normalized spacial score (nSPS) is 24.8. The van der Waals surface area contributed by atoms with Crippen molar-refractivity contribution in [1.82, 2.24) is 0 Å². The third-order valence-electron chi connectivity index (χ3n) is 5.64. The van der Waals surface area contributed by atoms with Gasteiger partial charge in [0, 0.05) is 22.4 Å². The molecule has 1 atom stereocenters. The Morgan fingerprint density at radius 1 is 1.10 bits per heavy atom. The zero-order valence-corrected chi connectivity index (χ0v) is 15.0. The summed E-state index contributed by atoms with van der Waals surface area (Å²) < 4.78 is 77.4. The van der Waals surface area contributed by atoms with Gasteiger partial charge in [0.25, 0.3) is 0 Å². The Bertz CT molecular complexity index is 1150. The summed E-state index contributed by atoms with van der Waals surface area (Å²) in [7, 11) is 1.91. The molecule has 0 saturated heterocycles. The van der Waals surface area contributed by atoms with Crippen molar-refractivity contribution >= 4 is 21.5 Å². The van der Waals surface area contributed by atoms with Crippen LogP contribution in [0.5, 0.6) is 11.5 Å². The average Bonchev–Trinajstić information content (AvgIpc) is 2.87. The molecule has 11 heteroatoms. The van der Waals surface area contributed by atoms with Crippen LogP contribution in [0.25, 0.3) is 0 Å². The summed E-state index contributed by atoms with van der Waals surface area (Å²) in [6, 6.07) is 6.16. The van der Waals surface area contributed by atoms with Crippen molar-refractivity contribution in [3.8, 4) is 17.6 Å². The van der Waals surface area contributed by atoms with Crippen LogP contribution >= 0.6 is 0 Å². The Morgan fingerprint density at radius 2 is 1.76 bits per heavy atom. The molecule has 2 aromatic rings. The Kier molecular flexibility index (Phi) is 3.62. The minimum atomic E-state index is -4.95. The maximum absolute atomic E-state index is 14.7. The van der Waals surface area contributed by atoms with Crippen molar-refractivity contribution in [3.05, 3.63) is 58.4 Å². The molecule has 4 nitrogen and oxygen atoms in total. The van der Waals surface area contributed by atoms with Crippen molar-refractivity contribution in [2.24, 2.45) is 0 Å². The van der Waals surface area contributed by atoms with E-state index >= 15 is 0 Å². The summed E-state index contributed by atoms with van der Waals surface area (Å²) in [6.07, 6.45) is 0. The van der Waals surface area contributed by atoms with Crippen LogP contribution in [0.4, 0.5) is 22.0 Å². The lowest BCUT2D eigenvalue weighted by Crippen LogP contribution is -2.56. The standard InChI is InChI=1S/C18H10B2F5NO3/c19-16(20)14(27)12-11(29-9-4-7(6-26)3-8(21)5-9)2-1-10-13(12)15(16,28)18(24,25)17(10,22)23/h1-5,28H,19-20H2/t15-/m0/s1. The first kappa shape index (κ1) is 19.5. The smallest absolute Gasteiger partial charge is 0.346 e. The topological polar surface area (TPSA) is 70.3 Å². The summed E-state index contributed by atoms with van der Waals surface area (Å²) in [5, 5.41) is 17.4. The fourth-order valence-corrected chi connectivity index (χ4v) is 4.08. The van der Waals surface area contributed by atoms with Gasteiger partial charge in [-0.15, -0.1) is 0 Å². The molecule has 4 rings (SSSR count). The number of nitriles is 1. The number of aliphatic hydroxyl groups is 1. The second-order valence-electron chi connectivity index (χ2n) is 7.56. The Labute approximate surface area is 162 Å². The molecule has 146 valence electrons. The molecule has 0 bridgehead atoms. The molecule has 0 aromatic heterocycles. The van der Waals surface area contributed by atoms with Gasteiger partial charge in [-0.1, -0.05) is 0 Å². The minimum absolute atomic E-state index is 0.112. The van der Waals surface area contributed by atoms with Crippen LogP contribution in [0, 0.1) is 17.1 Å². The van der Waals surface area contributed by atoms with E-state index in [0.717, 1.165) is 40.0 Å². The van der Waals surface area contributed by atoms with Crippen LogP contribution in [0.1, 0.15) is 27.0 Å². The molecule has 2 aliphatic carbocycles. The van der Waals surface area contributed by atoms with Gasteiger partial charge >= 0.3 is 11.8 Å². The third kappa shape index (κ3) is 2.04. The van der Waals surface area contributed by atoms with Crippen LogP contribution < -0.4 is 4.74 Å². The van der Waals surface area contributed by atoms with E-state index in [1.807, 2.05) is 0 Å². The molecule has 1 N–H and O–H groups in total. The predicted octanol–water partition coefficient (Wildman–Crippen LogP) is 2.00. The molecule has 2 aliphatic rings. The molecule has 0 saturated carbocycles. The number of Topliss-reactive ketones (excluding diaryl/α,β-unsaturated/α-hetero) is 1. The molecule has 0 unspecified atom stereocenters. The number of halogens is 5. The Balaban J connectivity index is 1.97. The zero-order valence-electron chi connectivity index (χ0n) is 15.0. The first-order valence-corrected chi connectivity index (χ1v) is 8.40. The van der Waals surface area contributed by atoms with Crippen LogP contribution in [0.3, 0.4) is 0 Å².